The average molecular weight is 355 g/mol. The van der Waals surface area contributed by atoms with Gasteiger partial charge in [-0.2, -0.15) is 0 Å². The van der Waals surface area contributed by atoms with E-state index in [-0.39, 0.29) is 0 Å². The van der Waals surface area contributed by atoms with Crippen LogP contribution in [0.15, 0.2) is 60.7 Å². The van der Waals surface area contributed by atoms with Crippen molar-refractivity contribution in [1.82, 2.24) is 0 Å². The number of rotatable bonds is 9. The molecule has 0 amide bonds. The van der Waals surface area contributed by atoms with Gasteiger partial charge in [0.2, 0.25) is 0 Å². The van der Waals surface area contributed by atoms with E-state index in [0.717, 1.165) is 0 Å². The summed E-state index contributed by atoms with van der Waals surface area (Å²) in [6, 6.07) is 26.0. The molecule has 0 nitrogen and oxygen atoms in total. The molecule has 130 valence electrons. The number of hydrogen-bond donors (Lipinski definition) is 0. The molecule has 2 heteroatoms. The van der Waals surface area contributed by atoms with Crippen LogP contribution in [0, 0.1) is 0 Å². The maximum Gasteiger partial charge on any atom is 0.0851 e. The molecule has 0 aliphatic rings. The van der Waals surface area contributed by atoms with Crippen LogP contribution < -0.4 is 10.4 Å². The van der Waals surface area contributed by atoms with E-state index in [1.165, 1.54) is 37.8 Å². The first-order valence-corrected chi connectivity index (χ1v) is 16.1. The minimum atomic E-state index is -1.54. The third kappa shape index (κ3) is 3.92. The second-order valence-corrected chi connectivity index (χ2v) is 21.8. The fourth-order valence-corrected chi connectivity index (χ4v) is 21.0. The molecule has 0 fully saturated rings. The maximum absolute atomic E-state index is 2.66. The molecule has 0 spiro atoms. The fourth-order valence-electron chi connectivity index (χ4n) is 4.24. The predicted molar refractivity (Wildman–Crippen MR) is 115 cm³/mol. The zero-order chi connectivity index (χ0) is 17.5. The average Bonchev–Trinajstić information content (AvgIpc) is 2.63. The SMILES string of the molecule is CCCC[Si](CCCC)(c1ccccc1)[Si](C)(C)c1ccccc1. The molecule has 0 N–H and O–H groups in total. The Morgan fingerprint density at radius 1 is 0.625 bits per heavy atom. The molecule has 2 rings (SSSR count). The third-order valence-electron chi connectivity index (χ3n) is 5.93. The smallest absolute Gasteiger partial charge is 0.0671 e. The van der Waals surface area contributed by atoms with Gasteiger partial charge in [-0.3, -0.25) is 0 Å². The molecular weight excluding hydrogens is 320 g/mol. The normalized spacial score (nSPS) is 12.3. The van der Waals surface area contributed by atoms with E-state index in [4.69, 9.17) is 0 Å². The summed E-state index contributed by atoms with van der Waals surface area (Å²) in [4.78, 5) is 0. The first-order chi connectivity index (χ1) is 11.6. The summed E-state index contributed by atoms with van der Waals surface area (Å²) in [5, 5.41) is 3.38. The molecule has 0 atom stereocenters. The zero-order valence-corrected chi connectivity index (χ0v) is 18.0. The van der Waals surface area contributed by atoms with Crippen molar-refractivity contribution >= 4 is 25.6 Å². The topological polar surface area (TPSA) is 0 Å². The highest BCUT2D eigenvalue weighted by Crippen LogP contribution is 2.31. The van der Waals surface area contributed by atoms with Gasteiger partial charge in [-0.05, 0) is 0 Å². The Balaban J connectivity index is 2.58. The van der Waals surface area contributed by atoms with Crippen LogP contribution in [0.3, 0.4) is 0 Å². The minimum Gasteiger partial charge on any atom is -0.0671 e. The van der Waals surface area contributed by atoms with E-state index in [1.807, 2.05) is 0 Å². The van der Waals surface area contributed by atoms with Gasteiger partial charge in [0.25, 0.3) is 0 Å². The van der Waals surface area contributed by atoms with Gasteiger partial charge in [-0.15, -0.1) is 0 Å². The first-order valence-electron chi connectivity index (χ1n) is 9.69. The van der Waals surface area contributed by atoms with Gasteiger partial charge in [0.05, 0.1) is 15.2 Å². The van der Waals surface area contributed by atoms with Crippen LogP contribution in [0.4, 0.5) is 0 Å². The van der Waals surface area contributed by atoms with Crippen molar-refractivity contribution < 1.29 is 0 Å². The summed E-state index contributed by atoms with van der Waals surface area (Å²) in [7, 11) is -3.08. The van der Waals surface area contributed by atoms with Crippen LogP contribution in [0.1, 0.15) is 39.5 Å². The lowest BCUT2D eigenvalue weighted by Crippen LogP contribution is -2.72. The van der Waals surface area contributed by atoms with E-state index in [9.17, 15) is 0 Å². The highest BCUT2D eigenvalue weighted by molar-refractivity contribution is 7.50. The minimum absolute atomic E-state index is 1.31. The largest absolute Gasteiger partial charge is 0.0851 e. The second-order valence-electron chi connectivity index (χ2n) is 7.65. The summed E-state index contributed by atoms with van der Waals surface area (Å²) in [5.74, 6) is 0. The summed E-state index contributed by atoms with van der Waals surface area (Å²) < 4.78 is 0. The number of benzene rings is 2. The lowest BCUT2D eigenvalue weighted by Gasteiger charge is -2.45. The first kappa shape index (κ1) is 19.2. The molecule has 0 aliphatic heterocycles. The predicted octanol–water partition coefficient (Wildman–Crippen LogP) is 5.64. The number of hydrogen-bond acceptors (Lipinski definition) is 0. The van der Waals surface area contributed by atoms with Crippen LogP contribution in [0.5, 0.6) is 0 Å². The summed E-state index contributed by atoms with van der Waals surface area (Å²) in [5.41, 5.74) is 0. The van der Waals surface area contributed by atoms with Crippen molar-refractivity contribution in [2.75, 3.05) is 0 Å². The summed E-state index contributed by atoms with van der Waals surface area (Å²) in [6.45, 7) is 10.0. The lowest BCUT2D eigenvalue weighted by molar-refractivity contribution is 0.840. The van der Waals surface area contributed by atoms with Crippen molar-refractivity contribution in [3.05, 3.63) is 60.7 Å². The van der Waals surface area contributed by atoms with Gasteiger partial charge in [0.1, 0.15) is 0 Å². The van der Waals surface area contributed by atoms with Crippen molar-refractivity contribution in [2.24, 2.45) is 0 Å². The van der Waals surface area contributed by atoms with Crippen LogP contribution in [0.2, 0.25) is 25.2 Å². The highest BCUT2D eigenvalue weighted by atomic mass is 29.3. The van der Waals surface area contributed by atoms with Crippen LogP contribution in [-0.2, 0) is 0 Å². The molecule has 0 aromatic heterocycles. The van der Waals surface area contributed by atoms with Gasteiger partial charge in [-0.1, -0.05) is 136 Å². The Labute approximate surface area is 151 Å². The van der Waals surface area contributed by atoms with E-state index >= 15 is 0 Å². The van der Waals surface area contributed by atoms with E-state index in [1.54, 1.807) is 10.4 Å². The van der Waals surface area contributed by atoms with Crippen molar-refractivity contribution in [1.29, 1.82) is 0 Å². The van der Waals surface area contributed by atoms with Gasteiger partial charge >= 0.3 is 0 Å². The molecule has 0 saturated heterocycles. The molecule has 0 unspecified atom stereocenters. The Morgan fingerprint density at radius 3 is 1.46 bits per heavy atom. The van der Waals surface area contributed by atoms with Crippen LogP contribution in [-0.4, -0.2) is 15.2 Å². The molecule has 0 bridgehead atoms. The van der Waals surface area contributed by atoms with E-state index in [2.05, 4.69) is 87.6 Å². The van der Waals surface area contributed by atoms with Crippen molar-refractivity contribution in [3.63, 3.8) is 0 Å². The van der Waals surface area contributed by atoms with Crippen LogP contribution >= 0.6 is 0 Å². The fraction of sp³-hybridized carbons (Fsp3) is 0.455. The Bertz CT molecular complexity index is 582. The van der Waals surface area contributed by atoms with Gasteiger partial charge in [0.15, 0.2) is 0 Å². The monoisotopic (exact) mass is 354 g/mol. The zero-order valence-electron chi connectivity index (χ0n) is 16.0. The van der Waals surface area contributed by atoms with Gasteiger partial charge in [-0.25, -0.2) is 0 Å². The third-order valence-corrected chi connectivity index (χ3v) is 24.4. The Morgan fingerprint density at radius 2 is 1.04 bits per heavy atom. The van der Waals surface area contributed by atoms with Crippen molar-refractivity contribution in [3.8, 4) is 0 Å². The second kappa shape index (κ2) is 8.82. The van der Waals surface area contributed by atoms with Crippen molar-refractivity contribution in [2.45, 2.75) is 64.7 Å². The summed E-state index contributed by atoms with van der Waals surface area (Å²) in [6.07, 6.45) is 5.39. The van der Waals surface area contributed by atoms with Crippen LogP contribution in [0.25, 0.3) is 0 Å². The number of unbranched alkanes of at least 4 members (excludes halogenated alkanes) is 2. The molecular formula is C22H34Si2. The molecule has 0 saturated carbocycles. The Hall–Kier alpha value is -1.13. The van der Waals surface area contributed by atoms with E-state index in [0.29, 0.717) is 0 Å². The van der Waals surface area contributed by atoms with Gasteiger partial charge < -0.3 is 0 Å². The maximum atomic E-state index is 2.66. The lowest BCUT2D eigenvalue weighted by atomic mass is 10.4. The molecule has 0 heterocycles. The Kier molecular flexibility index (Phi) is 7.06. The molecule has 2 aromatic carbocycles. The standard InChI is InChI=1S/C22H34Si2/c1-5-7-19-24(20-8-6-2,22-17-13-10-14-18-22)23(3,4)21-15-11-9-12-16-21/h9-18H,5-8,19-20H2,1-4H3. The highest BCUT2D eigenvalue weighted by Gasteiger charge is 2.49. The van der Waals surface area contributed by atoms with Gasteiger partial charge in [0, 0.05) is 0 Å². The molecule has 0 radical (unpaired) electrons. The molecule has 2 aromatic rings. The molecule has 0 aliphatic carbocycles. The quantitative estimate of drug-likeness (QED) is 0.511. The molecule has 24 heavy (non-hydrogen) atoms. The summed E-state index contributed by atoms with van der Waals surface area (Å²) >= 11 is 0. The van der Waals surface area contributed by atoms with E-state index < -0.39 is 15.2 Å².